The molecule has 0 N–H and O–H groups in total. The molecule has 1 aromatic heterocycles. The predicted molar refractivity (Wildman–Crippen MR) is 124 cm³/mol. The lowest BCUT2D eigenvalue weighted by Gasteiger charge is -2.32. The third-order valence-electron chi connectivity index (χ3n) is 7.42. The van der Waals surface area contributed by atoms with E-state index in [1.807, 2.05) is 28.5 Å². The van der Waals surface area contributed by atoms with Crippen LogP contribution in [-0.2, 0) is 19.8 Å². The van der Waals surface area contributed by atoms with Crippen LogP contribution >= 0.6 is 11.3 Å². The Morgan fingerprint density at radius 2 is 1.97 bits per heavy atom. The molecule has 2 aromatic rings. The molecular formula is C25H29N3O4S. The Hall–Kier alpha value is -2.74. The maximum atomic E-state index is 14.0. The molecule has 2 saturated heterocycles. The van der Waals surface area contributed by atoms with E-state index in [9.17, 15) is 14.4 Å². The van der Waals surface area contributed by atoms with Gasteiger partial charge in [-0.25, -0.2) is 4.98 Å². The van der Waals surface area contributed by atoms with E-state index >= 15 is 0 Å². The Labute approximate surface area is 197 Å². The van der Waals surface area contributed by atoms with Gasteiger partial charge in [0.1, 0.15) is 10.8 Å². The minimum Gasteiger partial charge on any atom is -0.496 e. The third kappa shape index (κ3) is 3.74. The summed E-state index contributed by atoms with van der Waals surface area (Å²) < 4.78 is 5.60. The smallest absolute Gasteiger partial charge is 0.241 e. The van der Waals surface area contributed by atoms with Gasteiger partial charge in [-0.1, -0.05) is 31.0 Å². The first kappa shape index (κ1) is 22.1. The zero-order chi connectivity index (χ0) is 23.0. The van der Waals surface area contributed by atoms with Crippen molar-refractivity contribution in [1.29, 1.82) is 0 Å². The van der Waals surface area contributed by atoms with Crippen molar-refractivity contribution in [1.82, 2.24) is 14.8 Å². The quantitative estimate of drug-likeness (QED) is 0.603. The van der Waals surface area contributed by atoms with Crippen LogP contribution in [0.25, 0.3) is 0 Å². The molecule has 3 heterocycles. The second-order valence-electron chi connectivity index (χ2n) is 9.26. The number of carbonyl (C=O) groups excluding carboxylic acids is 3. The van der Waals surface area contributed by atoms with Gasteiger partial charge in [-0.2, -0.15) is 0 Å². The summed E-state index contributed by atoms with van der Waals surface area (Å²) in [5, 5.41) is 2.85. The van der Waals surface area contributed by atoms with Crippen molar-refractivity contribution in [3.63, 3.8) is 0 Å². The van der Waals surface area contributed by atoms with Gasteiger partial charge < -0.3 is 9.64 Å². The summed E-state index contributed by atoms with van der Waals surface area (Å²) in [6.45, 7) is 0.638. The molecule has 0 unspecified atom stereocenters. The zero-order valence-corrected chi connectivity index (χ0v) is 19.7. The van der Waals surface area contributed by atoms with E-state index in [-0.39, 0.29) is 42.6 Å². The van der Waals surface area contributed by atoms with Crippen LogP contribution in [-0.4, -0.2) is 52.2 Å². The van der Waals surface area contributed by atoms with Gasteiger partial charge >= 0.3 is 0 Å². The van der Waals surface area contributed by atoms with Crippen molar-refractivity contribution < 1.29 is 19.1 Å². The number of amides is 3. The summed E-state index contributed by atoms with van der Waals surface area (Å²) in [4.78, 5) is 48.8. The van der Waals surface area contributed by atoms with Gasteiger partial charge in [0.15, 0.2) is 0 Å². The monoisotopic (exact) mass is 467 g/mol. The first-order valence-electron chi connectivity index (χ1n) is 11.7. The molecule has 1 aliphatic carbocycles. The van der Waals surface area contributed by atoms with Gasteiger partial charge in [-0.05, 0) is 31.7 Å². The summed E-state index contributed by atoms with van der Waals surface area (Å²) in [6, 6.07) is 7.18. The van der Waals surface area contributed by atoms with Crippen LogP contribution in [0.3, 0.4) is 0 Å². The molecular weight excluding hydrogens is 438 g/mol. The van der Waals surface area contributed by atoms with E-state index in [1.54, 1.807) is 30.7 Å². The number of ether oxygens (including phenoxy) is 1. The average molecular weight is 468 g/mol. The lowest BCUT2D eigenvalue weighted by atomic mass is 9.75. The lowest BCUT2D eigenvalue weighted by Crippen LogP contribution is -2.46. The minimum atomic E-state index is -1.24. The molecule has 1 aromatic carbocycles. The molecule has 3 fully saturated rings. The van der Waals surface area contributed by atoms with Gasteiger partial charge in [0.2, 0.25) is 17.7 Å². The van der Waals surface area contributed by atoms with E-state index in [1.165, 1.54) is 4.90 Å². The second-order valence-corrected chi connectivity index (χ2v) is 10.2. The molecule has 0 spiro atoms. The number of aromatic nitrogens is 1. The maximum Gasteiger partial charge on any atom is 0.241 e. The highest BCUT2D eigenvalue weighted by Crippen LogP contribution is 2.47. The first-order valence-corrected chi connectivity index (χ1v) is 12.6. The second kappa shape index (κ2) is 8.89. The Kier molecular flexibility index (Phi) is 5.95. The summed E-state index contributed by atoms with van der Waals surface area (Å²) in [6.07, 6.45) is 7.21. The van der Waals surface area contributed by atoms with Crippen molar-refractivity contribution in [3.05, 3.63) is 46.4 Å². The van der Waals surface area contributed by atoms with E-state index < -0.39 is 5.41 Å². The van der Waals surface area contributed by atoms with Gasteiger partial charge in [0.05, 0.1) is 18.6 Å². The number of rotatable bonds is 6. The molecule has 0 bridgehead atoms. The third-order valence-corrected chi connectivity index (χ3v) is 8.30. The van der Waals surface area contributed by atoms with Gasteiger partial charge in [0, 0.05) is 42.6 Å². The van der Waals surface area contributed by atoms with Crippen molar-refractivity contribution >= 4 is 29.1 Å². The fourth-order valence-corrected chi connectivity index (χ4v) is 6.64. The summed E-state index contributed by atoms with van der Waals surface area (Å²) in [5.74, 6) is 0.0105. The van der Waals surface area contributed by atoms with E-state index in [0.29, 0.717) is 17.9 Å². The van der Waals surface area contributed by atoms with Crippen LogP contribution in [0, 0.1) is 0 Å². The largest absolute Gasteiger partial charge is 0.496 e. The number of thiazole rings is 1. The van der Waals surface area contributed by atoms with Crippen LogP contribution in [0.4, 0.5) is 0 Å². The van der Waals surface area contributed by atoms with Crippen LogP contribution in [0.2, 0.25) is 0 Å². The van der Waals surface area contributed by atoms with Crippen LogP contribution in [0.1, 0.15) is 68.0 Å². The standard InChI is InChI=1S/C25H29N3O4S/c1-32-20-11-5-4-9-18(20)25(16-22(30)28(24(25)31)17-7-2-3-8-17)15-21(29)27-13-6-10-19(27)23-26-12-14-33-23/h4-5,9,11-12,14,17,19H,2-3,6-8,10,13,15-16H2,1H3/t19-,25-/m0/s1. The average Bonchev–Trinajstić information content (AvgIpc) is 3.61. The van der Waals surface area contributed by atoms with Crippen molar-refractivity contribution in [2.75, 3.05) is 13.7 Å². The lowest BCUT2D eigenvalue weighted by molar-refractivity contribution is -0.145. The molecule has 5 rings (SSSR count). The van der Waals surface area contributed by atoms with Crippen molar-refractivity contribution in [2.24, 2.45) is 0 Å². The Balaban J connectivity index is 1.52. The summed E-state index contributed by atoms with van der Waals surface area (Å²) in [7, 11) is 1.56. The molecule has 2 aliphatic heterocycles. The van der Waals surface area contributed by atoms with Gasteiger partial charge in [0.25, 0.3) is 0 Å². The SMILES string of the molecule is COc1ccccc1[C@]1(CC(=O)N2CCC[C@H]2c2nccs2)CC(=O)N(C2CCCC2)C1=O. The Bertz CT molecular complexity index is 1050. The fourth-order valence-electron chi connectivity index (χ4n) is 5.86. The van der Waals surface area contributed by atoms with E-state index in [2.05, 4.69) is 4.98 Å². The Morgan fingerprint density at radius 1 is 1.18 bits per heavy atom. The highest BCUT2D eigenvalue weighted by Gasteiger charge is 2.57. The molecule has 3 amide bonds. The minimum absolute atomic E-state index is 0.00417. The van der Waals surface area contributed by atoms with Gasteiger partial charge in [-0.15, -0.1) is 11.3 Å². The summed E-state index contributed by atoms with van der Waals surface area (Å²) in [5.41, 5.74) is -0.607. The number of carbonyl (C=O) groups is 3. The number of benzene rings is 1. The normalized spacial score (nSPS) is 25.9. The number of para-hydroxylation sites is 1. The molecule has 3 aliphatic rings. The highest BCUT2D eigenvalue weighted by atomic mass is 32.1. The van der Waals surface area contributed by atoms with Crippen molar-refractivity contribution in [3.8, 4) is 5.75 Å². The molecule has 8 heteroatoms. The molecule has 7 nitrogen and oxygen atoms in total. The number of hydrogen-bond acceptors (Lipinski definition) is 6. The topological polar surface area (TPSA) is 79.8 Å². The first-order chi connectivity index (χ1) is 16.0. The number of likely N-dealkylation sites (tertiary alicyclic amines) is 2. The fraction of sp³-hybridized carbons (Fsp3) is 0.520. The van der Waals surface area contributed by atoms with Crippen LogP contribution < -0.4 is 4.74 Å². The van der Waals surface area contributed by atoms with Crippen molar-refractivity contribution in [2.45, 2.75) is 68.9 Å². The Morgan fingerprint density at radius 3 is 2.70 bits per heavy atom. The predicted octanol–water partition coefficient (Wildman–Crippen LogP) is 3.84. The summed E-state index contributed by atoms with van der Waals surface area (Å²) >= 11 is 1.55. The molecule has 0 radical (unpaired) electrons. The van der Waals surface area contributed by atoms with Crippen LogP contribution in [0.15, 0.2) is 35.8 Å². The molecule has 174 valence electrons. The molecule has 33 heavy (non-hydrogen) atoms. The van der Waals surface area contributed by atoms with Gasteiger partial charge in [-0.3, -0.25) is 19.3 Å². The zero-order valence-electron chi connectivity index (χ0n) is 18.9. The van der Waals surface area contributed by atoms with E-state index in [0.717, 1.165) is 43.5 Å². The highest BCUT2D eigenvalue weighted by molar-refractivity contribution is 7.09. The number of methoxy groups -OCH3 is 1. The van der Waals surface area contributed by atoms with E-state index in [4.69, 9.17) is 4.74 Å². The molecule has 2 atom stereocenters. The maximum absolute atomic E-state index is 14.0. The number of nitrogens with zero attached hydrogens (tertiary/aromatic N) is 3. The molecule has 1 saturated carbocycles. The number of hydrogen-bond donors (Lipinski definition) is 0. The van der Waals surface area contributed by atoms with Crippen LogP contribution in [0.5, 0.6) is 5.75 Å². The number of imide groups is 1.